The van der Waals surface area contributed by atoms with E-state index in [1.165, 1.54) is 9.47 Å². The number of benzene rings is 2. The lowest BCUT2D eigenvalue weighted by molar-refractivity contribution is -0.133. The van der Waals surface area contributed by atoms with Crippen molar-refractivity contribution in [3.63, 3.8) is 0 Å². The number of carbonyl (C=O) groups is 2. The van der Waals surface area contributed by atoms with Crippen molar-refractivity contribution >= 4 is 28.4 Å². The van der Waals surface area contributed by atoms with Crippen LogP contribution in [0.15, 0.2) is 47.3 Å². The lowest BCUT2D eigenvalue weighted by Crippen LogP contribution is -2.35. The van der Waals surface area contributed by atoms with Crippen molar-refractivity contribution in [1.82, 2.24) is 14.5 Å². The van der Waals surface area contributed by atoms with Gasteiger partial charge in [0.2, 0.25) is 11.8 Å². The number of amides is 2. The molecule has 3 aromatic rings. The quantitative estimate of drug-likeness (QED) is 0.682. The van der Waals surface area contributed by atoms with Crippen molar-refractivity contribution in [3.8, 4) is 0 Å². The van der Waals surface area contributed by atoms with E-state index in [1.807, 2.05) is 38.1 Å². The number of fused-ring (bicyclic) bond motifs is 1. The zero-order chi connectivity index (χ0) is 21.8. The Kier molecular flexibility index (Phi) is 6.30. The molecule has 2 amide bonds. The molecule has 0 aliphatic carbocycles. The van der Waals surface area contributed by atoms with Crippen LogP contribution < -0.4 is 10.9 Å². The average molecular weight is 406 g/mol. The third kappa shape index (κ3) is 4.56. The van der Waals surface area contributed by atoms with Gasteiger partial charge in [0, 0.05) is 32.6 Å². The minimum absolute atomic E-state index is 0.0453. The molecule has 7 heteroatoms. The zero-order valence-electron chi connectivity index (χ0n) is 17.7. The second-order valence-corrected chi connectivity index (χ2v) is 7.45. The van der Waals surface area contributed by atoms with Gasteiger partial charge in [-0.15, -0.1) is 0 Å². The number of aromatic nitrogens is 2. The Labute approximate surface area is 175 Å². The number of aryl methyl sites for hydroxylation is 2. The number of likely N-dealkylation sites (N-methyl/N-ethyl adjacent to an activating group) is 1. The van der Waals surface area contributed by atoms with E-state index in [-0.39, 0.29) is 30.3 Å². The highest BCUT2D eigenvalue weighted by Crippen LogP contribution is 2.17. The smallest absolute Gasteiger partial charge is 0.261 e. The van der Waals surface area contributed by atoms with Crippen LogP contribution >= 0.6 is 0 Å². The number of nitrogens with zero attached hydrogens (tertiary/aromatic N) is 3. The molecule has 1 heterocycles. The molecule has 156 valence electrons. The van der Waals surface area contributed by atoms with Gasteiger partial charge in [-0.05, 0) is 43.2 Å². The predicted molar refractivity (Wildman–Crippen MR) is 117 cm³/mol. The van der Waals surface area contributed by atoms with Crippen LogP contribution in [0, 0.1) is 13.8 Å². The SMILES string of the molecule is Cc1cccc(NC(=O)CN(C)C(=O)CCc2nc3ccccc3c(=O)n2C)c1C. The summed E-state index contributed by atoms with van der Waals surface area (Å²) in [5.74, 6) is 0.101. The second-order valence-electron chi connectivity index (χ2n) is 7.45. The summed E-state index contributed by atoms with van der Waals surface area (Å²) in [4.78, 5) is 43.2. The summed E-state index contributed by atoms with van der Waals surface area (Å²) in [6, 6.07) is 12.9. The van der Waals surface area contributed by atoms with Crippen molar-refractivity contribution in [3.05, 3.63) is 69.8 Å². The molecule has 0 atom stereocenters. The Hall–Kier alpha value is -3.48. The Balaban J connectivity index is 1.61. The molecule has 7 nitrogen and oxygen atoms in total. The number of anilines is 1. The second kappa shape index (κ2) is 8.90. The number of nitrogens with one attached hydrogen (secondary N) is 1. The molecule has 0 aliphatic rings. The molecule has 0 bridgehead atoms. The van der Waals surface area contributed by atoms with Crippen LogP contribution in [-0.4, -0.2) is 39.9 Å². The van der Waals surface area contributed by atoms with Gasteiger partial charge in [-0.2, -0.15) is 0 Å². The first-order chi connectivity index (χ1) is 14.3. The van der Waals surface area contributed by atoms with Crippen LogP contribution in [0.2, 0.25) is 0 Å². The van der Waals surface area contributed by atoms with Crippen molar-refractivity contribution in [2.45, 2.75) is 26.7 Å². The summed E-state index contributed by atoms with van der Waals surface area (Å²) in [6.45, 7) is 3.88. The molecule has 0 fully saturated rings. The molecule has 0 unspecified atom stereocenters. The predicted octanol–water partition coefficient (Wildman–Crippen LogP) is 2.58. The maximum absolute atomic E-state index is 12.5. The van der Waals surface area contributed by atoms with Crippen LogP contribution in [0.3, 0.4) is 0 Å². The molecular formula is C23H26N4O3. The van der Waals surface area contributed by atoms with E-state index in [1.54, 1.807) is 32.3 Å². The number of para-hydroxylation sites is 1. The Morgan fingerprint density at radius 3 is 2.60 bits per heavy atom. The van der Waals surface area contributed by atoms with E-state index in [9.17, 15) is 14.4 Å². The first-order valence-corrected chi connectivity index (χ1v) is 9.82. The summed E-state index contributed by atoms with van der Waals surface area (Å²) in [7, 11) is 3.25. The zero-order valence-corrected chi connectivity index (χ0v) is 17.7. The molecule has 2 aromatic carbocycles. The van der Waals surface area contributed by atoms with Crippen molar-refractivity contribution in [2.24, 2.45) is 7.05 Å². The fraction of sp³-hybridized carbons (Fsp3) is 0.304. The van der Waals surface area contributed by atoms with Gasteiger partial charge in [0.05, 0.1) is 17.4 Å². The third-order valence-electron chi connectivity index (χ3n) is 5.32. The Bertz CT molecular complexity index is 1170. The van der Waals surface area contributed by atoms with Gasteiger partial charge in [-0.25, -0.2) is 4.98 Å². The van der Waals surface area contributed by atoms with Crippen molar-refractivity contribution < 1.29 is 9.59 Å². The Morgan fingerprint density at radius 2 is 1.83 bits per heavy atom. The van der Waals surface area contributed by atoms with Crippen LogP contribution in [0.4, 0.5) is 5.69 Å². The standard InChI is InChI=1S/C23H26N4O3/c1-15-8-7-11-18(16(15)2)25-21(28)14-26(3)22(29)13-12-20-24-19-10-6-5-9-17(19)23(30)27(20)4/h5-11H,12-14H2,1-4H3,(H,25,28). The van der Waals surface area contributed by atoms with Gasteiger partial charge in [0.25, 0.3) is 5.56 Å². The monoisotopic (exact) mass is 406 g/mol. The van der Waals surface area contributed by atoms with Crippen LogP contribution in [0.5, 0.6) is 0 Å². The highest BCUT2D eigenvalue weighted by Gasteiger charge is 2.16. The Morgan fingerprint density at radius 1 is 1.10 bits per heavy atom. The van der Waals surface area contributed by atoms with Crippen LogP contribution in [-0.2, 0) is 23.1 Å². The molecular weight excluding hydrogens is 380 g/mol. The lowest BCUT2D eigenvalue weighted by Gasteiger charge is -2.18. The first-order valence-electron chi connectivity index (χ1n) is 9.82. The highest BCUT2D eigenvalue weighted by molar-refractivity contribution is 5.95. The van der Waals surface area contributed by atoms with Gasteiger partial charge in [0.15, 0.2) is 0 Å². The molecule has 3 rings (SSSR count). The minimum Gasteiger partial charge on any atom is -0.336 e. The van der Waals surface area contributed by atoms with Gasteiger partial charge in [-0.1, -0.05) is 24.3 Å². The van der Waals surface area contributed by atoms with Crippen molar-refractivity contribution in [2.75, 3.05) is 18.9 Å². The van der Waals surface area contributed by atoms with E-state index in [0.29, 0.717) is 23.1 Å². The van der Waals surface area contributed by atoms with E-state index in [0.717, 1.165) is 16.8 Å². The van der Waals surface area contributed by atoms with Gasteiger partial charge >= 0.3 is 0 Å². The number of rotatable bonds is 6. The molecule has 1 aromatic heterocycles. The van der Waals surface area contributed by atoms with Crippen LogP contribution in [0.1, 0.15) is 23.4 Å². The third-order valence-corrected chi connectivity index (χ3v) is 5.32. The average Bonchev–Trinajstić information content (AvgIpc) is 2.72. The minimum atomic E-state index is -0.254. The molecule has 30 heavy (non-hydrogen) atoms. The molecule has 1 N–H and O–H groups in total. The number of hydrogen-bond acceptors (Lipinski definition) is 4. The van der Waals surface area contributed by atoms with Gasteiger partial charge < -0.3 is 10.2 Å². The van der Waals surface area contributed by atoms with E-state index in [2.05, 4.69) is 10.3 Å². The molecule has 0 spiro atoms. The number of carbonyl (C=O) groups excluding carboxylic acids is 2. The first kappa shape index (κ1) is 21.2. The number of hydrogen-bond donors (Lipinski definition) is 1. The lowest BCUT2D eigenvalue weighted by atomic mass is 10.1. The summed E-state index contributed by atoms with van der Waals surface area (Å²) < 4.78 is 1.48. The summed E-state index contributed by atoms with van der Waals surface area (Å²) in [6.07, 6.45) is 0.476. The van der Waals surface area contributed by atoms with Crippen LogP contribution in [0.25, 0.3) is 10.9 Å². The fourth-order valence-corrected chi connectivity index (χ4v) is 3.28. The van der Waals surface area contributed by atoms with Gasteiger partial charge in [0.1, 0.15) is 5.82 Å². The van der Waals surface area contributed by atoms with Crippen molar-refractivity contribution in [1.29, 1.82) is 0 Å². The molecule has 0 saturated carbocycles. The topological polar surface area (TPSA) is 84.3 Å². The molecule has 0 saturated heterocycles. The maximum atomic E-state index is 12.5. The summed E-state index contributed by atoms with van der Waals surface area (Å²) >= 11 is 0. The highest BCUT2D eigenvalue weighted by atomic mass is 16.2. The normalized spacial score (nSPS) is 10.8. The van der Waals surface area contributed by atoms with E-state index < -0.39 is 0 Å². The van der Waals surface area contributed by atoms with E-state index >= 15 is 0 Å². The maximum Gasteiger partial charge on any atom is 0.261 e. The molecule has 0 aliphatic heterocycles. The van der Waals surface area contributed by atoms with Gasteiger partial charge in [-0.3, -0.25) is 19.0 Å². The summed E-state index contributed by atoms with van der Waals surface area (Å²) in [5.41, 5.74) is 3.32. The largest absolute Gasteiger partial charge is 0.336 e. The fourth-order valence-electron chi connectivity index (χ4n) is 3.28. The van der Waals surface area contributed by atoms with E-state index in [4.69, 9.17) is 0 Å². The summed E-state index contributed by atoms with van der Waals surface area (Å²) in [5, 5.41) is 3.41. The molecule has 0 radical (unpaired) electrons.